The minimum absolute atomic E-state index is 0.505. The lowest BCUT2D eigenvalue weighted by molar-refractivity contribution is 0.324. The van der Waals surface area contributed by atoms with Crippen molar-refractivity contribution >= 4 is 0 Å². The Labute approximate surface area is 90.9 Å². The van der Waals surface area contributed by atoms with Crippen molar-refractivity contribution in [3.05, 3.63) is 0 Å². The van der Waals surface area contributed by atoms with E-state index >= 15 is 0 Å². The zero-order valence-electron chi connectivity index (χ0n) is 10.9. The molecule has 0 aromatic heterocycles. The van der Waals surface area contributed by atoms with Crippen LogP contribution < -0.4 is 0 Å². The van der Waals surface area contributed by atoms with Crippen LogP contribution in [0.2, 0.25) is 0 Å². The van der Waals surface area contributed by atoms with Crippen LogP contribution in [0.5, 0.6) is 0 Å². The maximum absolute atomic E-state index is 3.20. The Morgan fingerprint density at radius 1 is 1.14 bits per heavy atom. The summed E-state index contributed by atoms with van der Waals surface area (Å²) in [6, 6.07) is 0. The fourth-order valence-corrected chi connectivity index (χ4v) is 1.03. The zero-order chi connectivity index (χ0) is 11.4. The van der Waals surface area contributed by atoms with Crippen LogP contribution in [0.1, 0.15) is 48.0 Å². The Morgan fingerprint density at radius 2 is 1.71 bits per heavy atom. The summed E-state index contributed by atoms with van der Waals surface area (Å²) in [5.74, 6) is 6.88. The average Bonchev–Trinajstić information content (AvgIpc) is 2.19. The first kappa shape index (κ1) is 16.0. The number of hydrogen-bond donors (Lipinski definition) is 0. The largest absolute Gasteiger partial charge is 0.293 e. The predicted octanol–water partition coefficient (Wildman–Crippen LogP) is 3.40. The highest BCUT2D eigenvalue weighted by Gasteiger charge is 1.95. The lowest BCUT2D eigenvalue weighted by Crippen LogP contribution is -2.24. The van der Waals surface area contributed by atoms with Crippen LogP contribution in [0.25, 0.3) is 0 Å². The minimum atomic E-state index is 0.505. The average molecular weight is 197 g/mol. The molecule has 0 aromatic rings. The van der Waals surface area contributed by atoms with E-state index in [1.807, 2.05) is 13.8 Å². The summed E-state index contributed by atoms with van der Waals surface area (Å²) < 4.78 is 0. The van der Waals surface area contributed by atoms with E-state index in [1.54, 1.807) is 0 Å². The van der Waals surface area contributed by atoms with Crippen molar-refractivity contribution in [2.24, 2.45) is 5.92 Å². The smallest absolute Gasteiger partial charge is 0.0601 e. The molecule has 0 aliphatic heterocycles. The van der Waals surface area contributed by atoms with Crippen LogP contribution in [0.3, 0.4) is 0 Å². The molecule has 0 aliphatic rings. The third-order valence-electron chi connectivity index (χ3n) is 1.68. The summed E-state index contributed by atoms with van der Waals surface area (Å²) in [5.41, 5.74) is 0. The second kappa shape index (κ2) is 12.5. The molecule has 0 aliphatic carbocycles. The molecule has 1 heteroatoms. The number of rotatable bonds is 4. The molecular formula is C13H27N. The molecule has 1 nitrogen and oxygen atoms in total. The number of nitrogens with zero attached hydrogens (tertiary/aromatic N) is 1. The van der Waals surface area contributed by atoms with Gasteiger partial charge in [0.2, 0.25) is 0 Å². The molecule has 0 radical (unpaired) electrons. The van der Waals surface area contributed by atoms with Crippen LogP contribution in [0.4, 0.5) is 0 Å². The Kier molecular flexibility index (Phi) is 14.3. The highest BCUT2D eigenvalue weighted by Crippen LogP contribution is 1.90. The van der Waals surface area contributed by atoms with Crippen molar-refractivity contribution in [3.63, 3.8) is 0 Å². The SMILES string of the molecule is CC.CCCN(CC)CC#CC(C)C. The van der Waals surface area contributed by atoms with Crippen LogP contribution >= 0.6 is 0 Å². The van der Waals surface area contributed by atoms with Crippen molar-refractivity contribution in [2.75, 3.05) is 19.6 Å². The second-order valence-corrected chi connectivity index (χ2v) is 3.34. The van der Waals surface area contributed by atoms with Gasteiger partial charge in [-0.2, -0.15) is 0 Å². The molecule has 0 atom stereocenters. The van der Waals surface area contributed by atoms with Gasteiger partial charge in [-0.1, -0.05) is 53.4 Å². The van der Waals surface area contributed by atoms with Crippen molar-refractivity contribution in [1.29, 1.82) is 0 Å². The first-order valence-electron chi connectivity index (χ1n) is 5.91. The summed E-state index contributed by atoms with van der Waals surface area (Å²) in [7, 11) is 0. The molecule has 0 fully saturated rings. The summed E-state index contributed by atoms with van der Waals surface area (Å²) in [6.45, 7) is 15.9. The molecular weight excluding hydrogens is 170 g/mol. The Hall–Kier alpha value is -0.480. The van der Waals surface area contributed by atoms with E-state index in [2.05, 4.69) is 44.4 Å². The van der Waals surface area contributed by atoms with E-state index in [4.69, 9.17) is 0 Å². The maximum Gasteiger partial charge on any atom is 0.0601 e. The summed E-state index contributed by atoms with van der Waals surface area (Å²) >= 11 is 0. The first-order valence-corrected chi connectivity index (χ1v) is 5.91. The highest BCUT2D eigenvalue weighted by atomic mass is 15.1. The molecule has 84 valence electrons. The molecule has 0 aromatic carbocycles. The van der Waals surface area contributed by atoms with Crippen LogP contribution in [0, 0.1) is 17.8 Å². The first-order chi connectivity index (χ1) is 6.70. The monoisotopic (exact) mass is 197 g/mol. The van der Waals surface area contributed by atoms with E-state index in [0.29, 0.717) is 5.92 Å². The molecule has 14 heavy (non-hydrogen) atoms. The Morgan fingerprint density at radius 3 is 2.07 bits per heavy atom. The number of hydrogen-bond acceptors (Lipinski definition) is 1. The van der Waals surface area contributed by atoms with Gasteiger partial charge in [0.15, 0.2) is 0 Å². The van der Waals surface area contributed by atoms with Crippen LogP contribution in [0.15, 0.2) is 0 Å². The summed E-state index contributed by atoms with van der Waals surface area (Å²) in [5, 5.41) is 0. The molecule has 0 heterocycles. The lowest BCUT2D eigenvalue weighted by atomic mass is 10.2. The van der Waals surface area contributed by atoms with E-state index in [-0.39, 0.29) is 0 Å². The molecule has 0 amide bonds. The molecule has 0 rings (SSSR count). The maximum atomic E-state index is 3.20. The molecule has 0 bridgehead atoms. The zero-order valence-corrected chi connectivity index (χ0v) is 10.9. The predicted molar refractivity (Wildman–Crippen MR) is 66.4 cm³/mol. The van der Waals surface area contributed by atoms with E-state index in [9.17, 15) is 0 Å². The Bertz CT molecular complexity index is 150. The standard InChI is InChI=1S/C11H21N.C2H6/c1-5-9-12(6-2)10-7-8-11(3)4;1-2/h11H,5-6,9-10H2,1-4H3;1-2H3. The fourth-order valence-electron chi connectivity index (χ4n) is 1.03. The van der Waals surface area contributed by atoms with Crippen molar-refractivity contribution in [1.82, 2.24) is 4.90 Å². The molecule has 0 saturated heterocycles. The molecule has 0 unspecified atom stereocenters. The molecule has 0 N–H and O–H groups in total. The van der Waals surface area contributed by atoms with Gasteiger partial charge in [-0.15, -0.1) is 0 Å². The van der Waals surface area contributed by atoms with Gasteiger partial charge < -0.3 is 0 Å². The summed E-state index contributed by atoms with van der Waals surface area (Å²) in [6.07, 6.45) is 1.22. The third-order valence-corrected chi connectivity index (χ3v) is 1.68. The van der Waals surface area contributed by atoms with Gasteiger partial charge in [-0.3, -0.25) is 4.90 Å². The summed E-state index contributed by atoms with van der Waals surface area (Å²) in [4.78, 5) is 2.37. The van der Waals surface area contributed by atoms with Crippen LogP contribution in [-0.4, -0.2) is 24.5 Å². The fraction of sp³-hybridized carbons (Fsp3) is 0.846. The molecule has 0 saturated carbocycles. The van der Waals surface area contributed by atoms with Crippen LogP contribution in [-0.2, 0) is 0 Å². The third kappa shape index (κ3) is 11.5. The van der Waals surface area contributed by atoms with Gasteiger partial charge in [0, 0.05) is 5.92 Å². The quantitative estimate of drug-likeness (QED) is 0.624. The lowest BCUT2D eigenvalue weighted by Gasteiger charge is -2.15. The van der Waals surface area contributed by atoms with E-state index in [1.165, 1.54) is 13.0 Å². The van der Waals surface area contributed by atoms with E-state index < -0.39 is 0 Å². The van der Waals surface area contributed by atoms with Crippen molar-refractivity contribution in [3.8, 4) is 11.8 Å². The Balaban J connectivity index is 0. The van der Waals surface area contributed by atoms with Gasteiger partial charge >= 0.3 is 0 Å². The van der Waals surface area contributed by atoms with Gasteiger partial charge in [0.05, 0.1) is 6.54 Å². The van der Waals surface area contributed by atoms with Gasteiger partial charge in [-0.25, -0.2) is 0 Å². The van der Waals surface area contributed by atoms with Crippen molar-refractivity contribution < 1.29 is 0 Å². The topological polar surface area (TPSA) is 3.24 Å². The normalized spacial score (nSPS) is 9.14. The van der Waals surface area contributed by atoms with Gasteiger partial charge in [0.25, 0.3) is 0 Å². The highest BCUT2D eigenvalue weighted by molar-refractivity contribution is 5.03. The minimum Gasteiger partial charge on any atom is -0.293 e. The van der Waals surface area contributed by atoms with Crippen molar-refractivity contribution in [2.45, 2.75) is 48.0 Å². The molecule has 0 spiro atoms. The van der Waals surface area contributed by atoms with Gasteiger partial charge in [-0.05, 0) is 19.5 Å². The second-order valence-electron chi connectivity index (χ2n) is 3.34. The van der Waals surface area contributed by atoms with Gasteiger partial charge in [0.1, 0.15) is 0 Å². The van der Waals surface area contributed by atoms with E-state index in [0.717, 1.165) is 13.1 Å².